The average Bonchev–Trinajstić information content (AvgIpc) is 3.04. The monoisotopic (exact) mass is 384 g/mol. The molecule has 158 valence electrons. The van der Waals surface area contributed by atoms with E-state index in [-0.39, 0.29) is 6.61 Å². The molecule has 1 nitrogen and oxygen atoms in total. The standard InChI is InChI=1S/C27H44O/c1-19(18-28)8-7-9-20(2)23-13-14-24-22-12-11-21-10-5-6-16-26(21,3)25(22)15-17-27(23,24)4/h8,20-21,23-24,28H,5-7,9-18H2,1-4H3/t20-,21?,23-,24+,26+,27-/m1/s1. The molecule has 1 unspecified atom stereocenters. The minimum Gasteiger partial charge on any atom is -0.392 e. The fraction of sp³-hybridized carbons (Fsp3) is 0.852. The first-order valence-electron chi connectivity index (χ1n) is 12.4. The van der Waals surface area contributed by atoms with Gasteiger partial charge >= 0.3 is 0 Å². The minimum atomic E-state index is 0.217. The van der Waals surface area contributed by atoms with Crippen LogP contribution in [0.25, 0.3) is 0 Å². The molecule has 4 aliphatic carbocycles. The summed E-state index contributed by atoms with van der Waals surface area (Å²) in [6.45, 7) is 10.1. The molecule has 0 aromatic heterocycles. The van der Waals surface area contributed by atoms with E-state index in [0.717, 1.165) is 35.7 Å². The van der Waals surface area contributed by atoms with E-state index in [2.05, 4.69) is 33.8 Å². The molecule has 1 heteroatoms. The van der Waals surface area contributed by atoms with Gasteiger partial charge in [-0.2, -0.15) is 0 Å². The first kappa shape index (κ1) is 20.7. The third kappa shape index (κ3) is 3.34. The van der Waals surface area contributed by atoms with Gasteiger partial charge in [0.05, 0.1) is 6.61 Å². The number of aliphatic hydroxyl groups excluding tert-OH is 1. The summed E-state index contributed by atoms with van der Waals surface area (Å²) in [5.41, 5.74) is 6.16. The highest BCUT2D eigenvalue weighted by Crippen LogP contribution is 2.65. The second-order valence-corrected chi connectivity index (χ2v) is 11.4. The van der Waals surface area contributed by atoms with Gasteiger partial charge in [0.25, 0.3) is 0 Å². The molecule has 6 atom stereocenters. The summed E-state index contributed by atoms with van der Waals surface area (Å²) in [5, 5.41) is 9.25. The van der Waals surface area contributed by atoms with Crippen molar-refractivity contribution in [2.45, 2.75) is 105 Å². The zero-order valence-corrected chi connectivity index (χ0v) is 19.0. The van der Waals surface area contributed by atoms with Crippen molar-refractivity contribution in [3.8, 4) is 0 Å². The molecule has 0 aliphatic heterocycles. The van der Waals surface area contributed by atoms with Crippen molar-refractivity contribution in [2.75, 3.05) is 6.61 Å². The molecule has 0 radical (unpaired) electrons. The Hall–Kier alpha value is -0.560. The largest absolute Gasteiger partial charge is 0.392 e. The SMILES string of the molecule is CC(=CCC[C@@H](C)[C@H]1CC[C@H]2C3=C(CC[C@]12C)[C@@]1(C)CCCCC1CC3)CO. The van der Waals surface area contributed by atoms with Crippen LogP contribution in [0.1, 0.15) is 105 Å². The van der Waals surface area contributed by atoms with Crippen molar-refractivity contribution in [2.24, 2.45) is 34.5 Å². The zero-order chi connectivity index (χ0) is 19.9. The molecule has 0 heterocycles. The lowest BCUT2D eigenvalue weighted by atomic mass is 9.50. The Morgan fingerprint density at radius 3 is 2.71 bits per heavy atom. The summed E-state index contributed by atoms with van der Waals surface area (Å²) in [6, 6.07) is 0. The molecule has 2 fully saturated rings. The Bertz CT molecular complexity index is 643. The van der Waals surface area contributed by atoms with Crippen molar-refractivity contribution < 1.29 is 5.11 Å². The zero-order valence-electron chi connectivity index (χ0n) is 19.0. The number of hydrogen-bond donors (Lipinski definition) is 1. The van der Waals surface area contributed by atoms with Gasteiger partial charge in [-0.25, -0.2) is 0 Å². The molecule has 1 N–H and O–H groups in total. The summed E-state index contributed by atoms with van der Waals surface area (Å²) in [4.78, 5) is 0. The first-order chi connectivity index (χ1) is 13.4. The number of aliphatic hydroxyl groups is 1. The fourth-order valence-corrected chi connectivity index (χ4v) is 8.33. The summed E-state index contributed by atoms with van der Waals surface area (Å²) in [5.74, 6) is 3.58. The molecule has 28 heavy (non-hydrogen) atoms. The molecule has 0 aromatic rings. The number of rotatable bonds is 5. The van der Waals surface area contributed by atoms with Gasteiger partial charge in [-0.15, -0.1) is 0 Å². The van der Waals surface area contributed by atoms with Crippen LogP contribution in [0.5, 0.6) is 0 Å². The Morgan fingerprint density at radius 1 is 1.11 bits per heavy atom. The predicted molar refractivity (Wildman–Crippen MR) is 119 cm³/mol. The molecular weight excluding hydrogens is 340 g/mol. The summed E-state index contributed by atoms with van der Waals surface area (Å²) in [6.07, 6.45) is 19.3. The maximum atomic E-state index is 9.25. The summed E-state index contributed by atoms with van der Waals surface area (Å²) >= 11 is 0. The smallest absolute Gasteiger partial charge is 0.0639 e. The van der Waals surface area contributed by atoms with Gasteiger partial charge in [-0.05, 0) is 106 Å². The van der Waals surface area contributed by atoms with E-state index in [0.29, 0.717) is 10.8 Å². The van der Waals surface area contributed by atoms with Crippen molar-refractivity contribution in [1.82, 2.24) is 0 Å². The van der Waals surface area contributed by atoms with Crippen LogP contribution in [0.15, 0.2) is 22.8 Å². The molecule has 0 saturated heterocycles. The van der Waals surface area contributed by atoms with Gasteiger partial charge in [-0.3, -0.25) is 0 Å². The van der Waals surface area contributed by atoms with Crippen molar-refractivity contribution in [1.29, 1.82) is 0 Å². The molecule has 0 spiro atoms. The van der Waals surface area contributed by atoms with E-state index in [9.17, 15) is 5.11 Å². The van der Waals surface area contributed by atoms with Gasteiger partial charge < -0.3 is 5.11 Å². The minimum absolute atomic E-state index is 0.217. The number of hydrogen-bond acceptors (Lipinski definition) is 1. The van der Waals surface area contributed by atoms with Crippen LogP contribution >= 0.6 is 0 Å². The third-order valence-corrected chi connectivity index (χ3v) is 10.0. The van der Waals surface area contributed by atoms with E-state index < -0.39 is 0 Å². The highest BCUT2D eigenvalue weighted by Gasteiger charge is 2.55. The lowest BCUT2D eigenvalue weighted by molar-refractivity contribution is 0.0668. The Labute approximate surface area is 174 Å². The van der Waals surface area contributed by atoms with E-state index in [1.54, 1.807) is 0 Å². The van der Waals surface area contributed by atoms with E-state index >= 15 is 0 Å². The second kappa shape index (κ2) is 7.93. The van der Waals surface area contributed by atoms with Crippen LogP contribution in [-0.4, -0.2) is 11.7 Å². The molecular formula is C27H44O. The quantitative estimate of drug-likeness (QED) is 0.488. The molecule has 4 aliphatic rings. The highest BCUT2D eigenvalue weighted by molar-refractivity contribution is 5.34. The second-order valence-electron chi connectivity index (χ2n) is 11.4. The van der Waals surface area contributed by atoms with Crippen LogP contribution in [0.4, 0.5) is 0 Å². The van der Waals surface area contributed by atoms with E-state index in [4.69, 9.17) is 0 Å². The maximum Gasteiger partial charge on any atom is 0.0639 e. The molecule has 0 aromatic carbocycles. The van der Waals surface area contributed by atoms with Crippen molar-refractivity contribution >= 4 is 0 Å². The Kier molecular flexibility index (Phi) is 5.87. The van der Waals surface area contributed by atoms with Crippen LogP contribution in [0.2, 0.25) is 0 Å². The van der Waals surface area contributed by atoms with Crippen LogP contribution in [-0.2, 0) is 0 Å². The normalized spacial score (nSPS) is 42.0. The average molecular weight is 385 g/mol. The maximum absolute atomic E-state index is 9.25. The lowest BCUT2D eigenvalue weighted by Crippen LogP contribution is -2.43. The summed E-state index contributed by atoms with van der Waals surface area (Å²) < 4.78 is 0. The topological polar surface area (TPSA) is 20.2 Å². The molecule has 0 amide bonds. The van der Waals surface area contributed by atoms with E-state index in [1.165, 1.54) is 70.6 Å². The Morgan fingerprint density at radius 2 is 1.93 bits per heavy atom. The van der Waals surface area contributed by atoms with Crippen molar-refractivity contribution in [3.05, 3.63) is 22.8 Å². The fourth-order valence-electron chi connectivity index (χ4n) is 8.33. The van der Waals surface area contributed by atoms with Crippen LogP contribution in [0, 0.1) is 34.5 Å². The highest BCUT2D eigenvalue weighted by atomic mass is 16.3. The van der Waals surface area contributed by atoms with Gasteiger partial charge in [0, 0.05) is 0 Å². The number of fused-ring (bicyclic) bond motifs is 4. The first-order valence-corrected chi connectivity index (χ1v) is 12.4. The van der Waals surface area contributed by atoms with Gasteiger partial charge in [0.2, 0.25) is 0 Å². The lowest BCUT2D eigenvalue weighted by Gasteiger charge is -2.54. The van der Waals surface area contributed by atoms with E-state index in [1.807, 2.05) is 11.1 Å². The van der Waals surface area contributed by atoms with Gasteiger partial charge in [0.1, 0.15) is 0 Å². The molecule has 2 saturated carbocycles. The van der Waals surface area contributed by atoms with Gasteiger partial charge in [-0.1, -0.05) is 56.4 Å². The van der Waals surface area contributed by atoms with Crippen molar-refractivity contribution in [3.63, 3.8) is 0 Å². The molecule has 4 rings (SSSR count). The van der Waals surface area contributed by atoms with Crippen LogP contribution in [0.3, 0.4) is 0 Å². The third-order valence-electron chi connectivity index (χ3n) is 10.0. The summed E-state index contributed by atoms with van der Waals surface area (Å²) in [7, 11) is 0. The van der Waals surface area contributed by atoms with Crippen LogP contribution < -0.4 is 0 Å². The Balaban J connectivity index is 1.52. The number of allylic oxidation sites excluding steroid dienone is 3. The predicted octanol–water partition coefficient (Wildman–Crippen LogP) is 7.45. The van der Waals surface area contributed by atoms with Gasteiger partial charge in [0.15, 0.2) is 0 Å². The molecule has 0 bridgehead atoms.